The maximum absolute atomic E-state index is 12.0. The summed E-state index contributed by atoms with van der Waals surface area (Å²) < 4.78 is 6.67. The highest BCUT2D eigenvalue weighted by Gasteiger charge is 2.14. The summed E-state index contributed by atoms with van der Waals surface area (Å²) in [4.78, 5) is 12.0. The molecule has 0 saturated carbocycles. The summed E-state index contributed by atoms with van der Waals surface area (Å²) in [6.45, 7) is 3.57. The number of hydrogen-bond acceptors (Lipinski definition) is 5. The first-order valence-electron chi connectivity index (χ1n) is 5.70. The maximum Gasteiger partial charge on any atom is 0.277 e. The zero-order valence-corrected chi connectivity index (χ0v) is 10.4. The van der Waals surface area contributed by atoms with E-state index in [2.05, 4.69) is 20.7 Å². The van der Waals surface area contributed by atoms with Crippen LogP contribution in [0.2, 0.25) is 0 Å². The lowest BCUT2D eigenvalue weighted by atomic mass is 10.3. The number of nitrogens with zero attached hydrogens (tertiary/aromatic N) is 4. The van der Waals surface area contributed by atoms with Crippen LogP contribution in [0.3, 0.4) is 0 Å². The SMILES string of the molecule is Cc1cc(C(=O)Nc2cccn3c(C)nnc23)no1. The van der Waals surface area contributed by atoms with E-state index in [4.69, 9.17) is 4.52 Å². The number of aromatic nitrogens is 4. The number of amides is 1. The van der Waals surface area contributed by atoms with E-state index in [-0.39, 0.29) is 11.6 Å². The van der Waals surface area contributed by atoms with E-state index >= 15 is 0 Å². The second-order valence-corrected chi connectivity index (χ2v) is 4.14. The molecule has 0 atom stereocenters. The number of carbonyl (C=O) groups excluding carboxylic acids is 1. The lowest BCUT2D eigenvalue weighted by molar-refractivity contribution is 0.101. The normalized spacial score (nSPS) is 10.8. The third-order valence-electron chi connectivity index (χ3n) is 2.71. The highest BCUT2D eigenvalue weighted by atomic mass is 16.5. The van der Waals surface area contributed by atoms with Crippen molar-refractivity contribution in [3.8, 4) is 0 Å². The smallest absolute Gasteiger partial charge is 0.277 e. The Morgan fingerprint density at radius 2 is 2.21 bits per heavy atom. The van der Waals surface area contributed by atoms with Crippen LogP contribution in [0.5, 0.6) is 0 Å². The molecule has 19 heavy (non-hydrogen) atoms. The molecule has 3 aromatic rings. The predicted molar refractivity (Wildman–Crippen MR) is 66.9 cm³/mol. The van der Waals surface area contributed by atoms with Crippen molar-refractivity contribution in [1.82, 2.24) is 19.8 Å². The monoisotopic (exact) mass is 257 g/mol. The fourth-order valence-electron chi connectivity index (χ4n) is 1.79. The Bertz CT molecular complexity index is 758. The van der Waals surface area contributed by atoms with Crippen molar-refractivity contribution >= 4 is 17.2 Å². The summed E-state index contributed by atoms with van der Waals surface area (Å²) >= 11 is 0. The van der Waals surface area contributed by atoms with Gasteiger partial charge in [0.25, 0.3) is 5.91 Å². The molecule has 0 unspecified atom stereocenters. The van der Waals surface area contributed by atoms with Gasteiger partial charge in [0, 0.05) is 12.3 Å². The van der Waals surface area contributed by atoms with Gasteiger partial charge in [-0.15, -0.1) is 10.2 Å². The highest BCUT2D eigenvalue weighted by Crippen LogP contribution is 2.16. The molecule has 0 aliphatic rings. The molecule has 7 heteroatoms. The Balaban J connectivity index is 1.95. The van der Waals surface area contributed by atoms with Gasteiger partial charge < -0.3 is 9.84 Å². The molecule has 7 nitrogen and oxygen atoms in total. The Morgan fingerprint density at radius 1 is 1.37 bits per heavy atom. The van der Waals surface area contributed by atoms with E-state index in [1.54, 1.807) is 23.5 Å². The number of rotatable bonds is 2. The van der Waals surface area contributed by atoms with Crippen molar-refractivity contribution in [1.29, 1.82) is 0 Å². The van der Waals surface area contributed by atoms with Gasteiger partial charge in [-0.3, -0.25) is 9.20 Å². The molecule has 0 bridgehead atoms. The molecule has 0 radical (unpaired) electrons. The molecule has 0 spiro atoms. The van der Waals surface area contributed by atoms with Gasteiger partial charge in [-0.25, -0.2) is 0 Å². The van der Waals surface area contributed by atoms with Crippen LogP contribution in [0, 0.1) is 13.8 Å². The summed E-state index contributed by atoms with van der Waals surface area (Å²) in [5.41, 5.74) is 1.40. The summed E-state index contributed by atoms with van der Waals surface area (Å²) in [5.74, 6) is 0.996. The topological polar surface area (TPSA) is 85.3 Å². The molecule has 3 aromatic heterocycles. The summed E-state index contributed by atoms with van der Waals surface area (Å²) in [6, 6.07) is 5.14. The standard InChI is InChI=1S/C12H11N5O2/c1-7-6-10(16-19-7)12(18)13-9-4-3-5-17-8(2)14-15-11(9)17/h3-6H,1-2H3,(H,13,18). The predicted octanol–water partition coefficient (Wildman–Crippen LogP) is 1.59. The van der Waals surface area contributed by atoms with Crippen LogP contribution >= 0.6 is 0 Å². The Labute approximate surface area is 108 Å². The van der Waals surface area contributed by atoms with Gasteiger partial charge in [0.15, 0.2) is 11.3 Å². The van der Waals surface area contributed by atoms with Crippen LogP contribution in [-0.2, 0) is 0 Å². The molecule has 0 aromatic carbocycles. The Kier molecular flexibility index (Phi) is 2.52. The largest absolute Gasteiger partial charge is 0.361 e. The lowest BCUT2D eigenvalue weighted by Crippen LogP contribution is -2.13. The molecular formula is C12H11N5O2. The van der Waals surface area contributed by atoms with E-state index in [9.17, 15) is 4.79 Å². The quantitative estimate of drug-likeness (QED) is 0.753. The minimum Gasteiger partial charge on any atom is -0.361 e. The summed E-state index contributed by atoms with van der Waals surface area (Å²) in [5, 5.41) is 14.4. The Morgan fingerprint density at radius 3 is 2.95 bits per heavy atom. The average molecular weight is 257 g/mol. The van der Waals surface area contributed by atoms with Crippen molar-refractivity contribution < 1.29 is 9.32 Å². The second-order valence-electron chi connectivity index (χ2n) is 4.14. The molecule has 0 aliphatic heterocycles. The molecule has 0 aliphatic carbocycles. The van der Waals surface area contributed by atoms with Crippen LogP contribution in [0.25, 0.3) is 5.65 Å². The van der Waals surface area contributed by atoms with E-state index in [1.165, 1.54) is 0 Å². The zero-order valence-electron chi connectivity index (χ0n) is 10.4. The van der Waals surface area contributed by atoms with Gasteiger partial charge in [0.05, 0.1) is 5.69 Å². The summed E-state index contributed by atoms with van der Waals surface area (Å²) in [7, 11) is 0. The number of hydrogen-bond donors (Lipinski definition) is 1. The van der Waals surface area contributed by atoms with E-state index in [1.807, 2.05) is 19.2 Å². The molecule has 0 fully saturated rings. The number of anilines is 1. The van der Waals surface area contributed by atoms with Crippen molar-refractivity contribution in [2.75, 3.05) is 5.32 Å². The summed E-state index contributed by atoms with van der Waals surface area (Å²) in [6.07, 6.45) is 1.83. The van der Waals surface area contributed by atoms with Gasteiger partial charge in [-0.2, -0.15) is 0 Å². The molecule has 0 saturated heterocycles. The van der Waals surface area contributed by atoms with Crippen LogP contribution < -0.4 is 5.32 Å². The van der Waals surface area contributed by atoms with E-state index < -0.39 is 0 Å². The fraction of sp³-hybridized carbons (Fsp3) is 0.167. The molecule has 3 rings (SSSR count). The van der Waals surface area contributed by atoms with Crippen molar-refractivity contribution in [3.05, 3.63) is 41.7 Å². The molecule has 96 valence electrons. The van der Waals surface area contributed by atoms with Crippen LogP contribution in [0.1, 0.15) is 22.1 Å². The first-order chi connectivity index (χ1) is 9.15. The first-order valence-corrected chi connectivity index (χ1v) is 5.70. The van der Waals surface area contributed by atoms with Gasteiger partial charge in [-0.1, -0.05) is 5.16 Å². The van der Waals surface area contributed by atoms with Gasteiger partial charge in [-0.05, 0) is 26.0 Å². The molecule has 1 amide bonds. The number of pyridine rings is 1. The average Bonchev–Trinajstić information content (AvgIpc) is 2.98. The van der Waals surface area contributed by atoms with E-state index in [0.29, 0.717) is 17.1 Å². The molecule has 3 heterocycles. The van der Waals surface area contributed by atoms with Crippen molar-refractivity contribution in [2.24, 2.45) is 0 Å². The van der Waals surface area contributed by atoms with Gasteiger partial charge in [0.2, 0.25) is 0 Å². The van der Waals surface area contributed by atoms with Gasteiger partial charge in [0.1, 0.15) is 11.6 Å². The fourth-order valence-corrected chi connectivity index (χ4v) is 1.79. The lowest BCUT2D eigenvalue weighted by Gasteiger charge is -2.04. The van der Waals surface area contributed by atoms with Gasteiger partial charge >= 0.3 is 0 Å². The van der Waals surface area contributed by atoms with Crippen molar-refractivity contribution in [3.63, 3.8) is 0 Å². The number of nitrogens with one attached hydrogen (secondary N) is 1. The Hall–Kier alpha value is -2.70. The molecular weight excluding hydrogens is 246 g/mol. The maximum atomic E-state index is 12.0. The third-order valence-corrected chi connectivity index (χ3v) is 2.71. The van der Waals surface area contributed by atoms with E-state index in [0.717, 1.165) is 5.82 Å². The van der Waals surface area contributed by atoms with Crippen molar-refractivity contribution in [2.45, 2.75) is 13.8 Å². The third kappa shape index (κ3) is 1.95. The number of aryl methyl sites for hydroxylation is 2. The van der Waals surface area contributed by atoms with Crippen LogP contribution in [-0.4, -0.2) is 25.7 Å². The highest BCUT2D eigenvalue weighted by molar-refractivity contribution is 6.04. The molecule has 1 N–H and O–H groups in total. The first kappa shape index (κ1) is 11.4. The number of carbonyl (C=O) groups is 1. The minimum absolute atomic E-state index is 0.232. The zero-order chi connectivity index (χ0) is 13.4. The van der Waals surface area contributed by atoms with Crippen LogP contribution in [0.4, 0.5) is 5.69 Å². The van der Waals surface area contributed by atoms with Crippen LogP contribution in [0.15, 0.2) is 28.9 Å². The number of fused-ring (bicyclic) bond motifs is 1. The minimum atomic E-state index is -0.342. The second kappa shape index (κ2) is 4.20.